The van der Waals surface area contributed by atoms with Gasteiger partial charge in [-0.15, -0.1) is 0 Å². The molecule has 2 N–H and O–H groups in total. The summed E-state index contributed by atoms with van der Waals surface area (Å²) in [6, 6.07) is 23.7. The van der Waals surface area contributed by atoms with Gasteiger partial charge >= 0.3 is 23.7 Å². The minimum atomic E-state index is -3.05. The number of ether oxygens (including phenoxy) is 5. The zero-order chi connectivity index (χ0) is 33.3. The van der Waals surface area contributed by atoms with E-state index in [9.17, 15) is 29.4 Å². The first-order valence-corrected chi connectivity index (χ1v) is 14.8. The summed E-state index contributed by atoms with van der Waals surface area (Å²) in [6.07, 6.45) is -0.461. The maximum Gasteiger partial charge on any atom is 0.377 e. The van der Waals surface area contributed by atoms with Crippen LogP contribution < -0.4 is 9.47 Å². The lowest BCUT2D eigenvalue weighted by molar-refractivity contribution is -0.218. The molecule has 0 bridgehead atoms. The number of para-hydroxylation sites is 1. The number of carbonyl (C=O) groups is 4. The van der Waals surface area contributed by atoms with Gasteiger partial charge in [-0.25, -0.2) is 9.59 Å². The van der Waals surface area contributed by atoms with E-state index in [1.54, 1.807) is 19.9 Å². The Kier molecular flexibility index (Phi) is 11.3. The third-order valence-electron chi connectivity index (χ3n) is 7.72. The molecule has 4 rings (SSSR count). The number of esters is 1. The van der Waals surface area contributed by atoms with Gasteiger partial charge in [-0.3, -0.25) is 9.59 Å². The van der Waals surface area contributed by atoms with Crippen LogP contribution >= 0.6 is 0 Å². The van der Waals surface area contributed by atoms with Gasteiger partial charge in [0.05, 0.1) is 20.3 Å². The molecule has 0 unspecified atom stereocenters. The second-order valence-electron chi connectivity index (χ2n) is 10.6. The molecule has 3 atom stereocenters. The molecule has 1 amide bonds. The van der Waals surface area contributed by atoms with Crippen LogP contribution in [-0.4, -0.2) is 83.7 Å². The summed E-state index contributed by atoms with van der Waals surface area (Å²) in [6.45, 7) is 2.32. The summed E-state index contributed by atoms with van der Waals surface area (Å²) in [4.78, 5) is 51.5. The number of rotatable bonds is 15. The van der Waals surface area contributed by atoms with Crippen molar-refractivity contribution in [3.05, 3.63) is 90.0 Å². The summed E-state index contributed by atoms with van der Waals surface area (Å²) in [5, 5.41) is 19.0. The Balaban J connectivity index is 1.70. The fourth-order valence-corrected chi connectivity index (χ4v) is 5.34. The van der Waals surface area contributed by atoms with Crippen molar-refractivity contribution in [1.29, 1.82) is 0 Å². The molecule has 0 aromatic heterocycles. The molecule has 12 heteroatoms. The van der Waals surface area contributed by atoms with E-state index < -0.39 is 60.8 Å². The number of benzene rings is 3. The maximum atomic E-state index is 13.9. The van der Waals surface area contributed by atoms with Crippen LogP contribution in [0.25, 0.3) is 0 Å². The van der Waals surface area contributed by atoms with E-state index in [2.05, 4.69) is 0 Å². The normalized spacial score (nSPS) is 16.5. The zero-order valence-electron chi connectivity index (χ0n) is 25.8. The Hall–Kier alpha value is -4.94. The molecule has 1 fully saturated rings. The van der Waals surface area contributed by atoms with Crippen molar-refractivity contribution in [3.63, 3.8) is 0 Å². The van der Waals surface area contributed by atoms with Gasteiger partial charge in [0.15, 0.2) is 17.6 Å². The lowest BCUT2D eigenvalue weighted by Crippen LogP contribution is -2.52. The zero-order valence-corrected chi connectivity index (χ0v) is 25.8. The van der Waals surface area contributed by atoms with Gasteiger partial charge in [0.1, 0.15) is 12.3 Å². The molecule has 46 heavy (non-hydrogen) atoms. The van der Waals surface area contributed by atoms with E-state index in [-0.39, 0.29) is 6.61 Å². The van der Waals surface area contributed by atoms with Crippen LogP contribution in [0.5, 0.6) is 17.2 Å². The molecule has 1 heterocycles. The van der Waals surface area contributed by atoms with E-state index >= 15 is 0 Å². The molecule has 1 aliphatic heterocycles. The summed E-state index contributed by atoms with van der Waals surface area (Å²) >= 11 is 0. The number of carboxylic acids is 2. The standard InChI is InChI=1S/C34H37NO11/c1-4-43-30(36)20-35(31(37)29-21-44-34(46-29,32(38)39)33(40)41)22(2)26(17-15-23-11-7-5-8-12-23)24-16-18-27(28(19-24)42-3)45-25-13-9-6-10-14-25/h5-14,16,18-19,22,26,29H,4,15,17,20-21H2,1-3H3,(H,38,39)(H,40,41)/t22-,26+,29+/m1/s1. The maximum absolute atomic E-state index is 13.9. The predicted octanol–water partition coefficient (Wildman–Crippen LogP) is 4.27. The van der Waals surface area contributed by atoms with Gasteiger partial charge < -0.3 is 38.8 Å². The van der Waals surface area contributed by atoms with Crippen molar-refractivity contribution in [2.45, 2.75) is 50.5 Å². The molecule has 1 saturated heterocycles. The van der Waals surface area contributed by atoms with Crippen molar-refractivity contribution in [1.82, 2.24) is 4.90 Å². The number of aliphatic carboxylic acids is 2. The minimum Gasteiger partial charge on any atom is -0.493 e. The molecular formula is C34H37NO11. The lowest BCUT2D eigenvalue weighted by Gasteiger charge is -2.36. The number of hydrogen-bond acceptors (Lipinski definition) is 9. The predicted molar refractivity (Wildman–Crippen MR) is 164 cm³/mol. The molecule has 1 aliphatic rings. The van der Waals surface area contributed by atoms with Crippen molar-refractivity contribution in [3.8, 4) is 17.2 Å². The van der Waals surface area contributed by atoms with Crippen molar-refractivity contribution in [2.24, 2.45) is 0 Å². The molecule has 3 aromatic rings. The largest absolute Gasteiger partial charge is 0.493 e. The van der Waals surface area contributed by atoms with Crippen LogP contribution in [-0.2, 0) is 39.8 Å². The molecule has 0 saturated carbocycles. The number of carboxylic acid groups (broad SMARTS) is 2. The first kappa shape index (κ1) is 33.9. The highest BCUT2D eigenvalue weighted by Crippen LogP contribution is 2.38. The number of amides is 1. The molecule has 0 radical (unpaired) electrons. The van der Waals surface area contributed by atoms with Crippen LogP contribution in [0.2, 0.25) is 0 Å². The third-order valence-corrected chi connectivity index (χ3v) is 7.72. The van der Waals surface area contributed by atoms with E-state index in [1.165, 1.54) is 12.0 Å². The van der Waals surface area contributed by atoms with Gasteiger partial charge in [-0.1, -0.05) is 54.6 Å². The van der Waals surface area contributed by atoms with Gasteiger partial charge in [-0.2, -0.15) is 0 Å². The highest BCUT2D eigenvalue weighted by molar-refractivity contribution is 6.01. The first-order valence-electron chi connectivity index (χ1n) is 14.8. The quantitative estimate of drug-likeness (QED) is 0.182. The van der Waals surface area contributed by atoms with Crippen molar-refractivity contribution in [2.75, 3.05) is 26.9 Å². The molecule has 0 aliphatic carbocycles. The number of carbonyl (C=O) groups excluding carboxylic acids is 2. The summed E-state index contributed by atoms with van der Waals surface area (Å²) in [7, 11) is 1.52. The average Bonchev–Trinajstić information content (AvgIpc) is 3.53. The van der Waals surface area contributed by atoms with Gasteiger partial charge in [0.25, 0.3) is 5.91 Å². The number of methoxy groups -OCH3 is 1. The fraction of sp³-hybridized carbons (Fsp3) is 0.353. The highest BCUT2D eigenvalue weighted by atomic mass is 16.8. The summed E-state index contributed by atoms with van der Waals surface area (Å²) in [5.74, 6) is -7.25. The average molecular weight is 636 g/mol. The van der Waals surface area contributed by atoms with Gasteiger partial charge in [-0.05, 0) is 62.1 Å². The highest BCUT2D eigenvalue weighted by Gasteiger charge is 2.58. The SMILES string of the molecule is CCOC(=O)CN(C(=O)[C@@H]1COC(C(=O)O)(C(=O)O)O1)[C@H](C)[C@H](CCc1ccccc1)c1ccc(Oc2ccccc2)c(OC)c1. The fourth-order valence-electron chi connectivity index (χ4n) is 5.34. The Labute approximate surface area is 266 Å². The van der Waals surface area contributed by atoms with Crippen LogP contribution in [0, 0.1) is 0 Å². The Morgan fingerprint density at radius 3 is 2.20 bits per heavy atom. The van der Waals surface area contributed by atoms with E-state index in [0.717, 1.165) is 11.1 Å². The van der Waals surface area contributed by atoms with Gasteiger partial charge in [0.2, 0.25) is 0 Å². The molecular weight excluding hydrogens is 598 g/mol. The molecule has 244 valence electrons. The third kappa shape index (κ3) is 7.82. The Bertz CT molecular complexity index is 1500. The monoisotopic (exact) mass is 635 g/mol. The number of nitrogens with zero attached hydrogens (tertiary/aromatic N) is 1. The van der Waals surface area contributed by atoms with Gasteiger partial charge in [0, 0.05) is 12.0 Å². The molecule has 12 nitrogen and oxygen atoms in total. The second kappa shape index (κ2) is 15.4. The second-order valence-corrected chi connectivity index (χ2v) is 10.6. The van der Waals surface area contributed by atoms with Crippen LogP contribution in [0.4, 0.5) is 0 Å². The topological polar surface area (TPSA) is 158 Å². The van der Waals surface area contributed by atoms with Crippen LogP contribution in [0.15, 0.2) is 78.9 Å². The van der Waals surface area contributed by atoms with E-state index in [1.807, 2.05) is 72.8 Å². The smallest absolute Gasteiger partial charge is 0.377 e. The first-order chi connectivity index (χ1) is 22.1. The van der Waals surface area contributed by atoms with Crippen LogP contribution in [0.3, 0.4) is 0 Å². The molecule has 0 spiro atoms. The summed E-state index contributed by atoms with van der Waals surface area (Å²) < 4.78 is 27.1. The molecule has 3 aromatic carbocycles. The van der Waals surface area contributed by atoms with Crippen molar-refractivity contribution >= 4 is 23.8 Å². The van der Waals surface area contributed by atoms with Crippen molar-refractivity contribution < 1.29 is 53.1 Å². The lowest BCUT2D eigenvalue weighted by atomic mass is 9.85. The summed E-state index contributed by atoms with van der Waals surface area (Å²) in [5.41, 5.74) is 1.83. The number of aryl methyl sites for hydroxylation is 1. The van der Waals surface area contributed by atoms with Crippen LogP contribution in [0.1, 0.15) is 37.3 Å². The van der Waals surface area contributed by atoms with E-state index in [0.29, 0.717) is 30.1 Å². The number of hydrogen-bond donors (Lipinski definition) is 2. The Morgan fingerprint density at radius 1 is 0.957 bits per heavy atom. The minimum absolute atomic E-state index is 0.0664. The Morgan fingerprint density at radius 2 is 1.61 bits per heavy atom. The van der Waals surface area contributed by atoms with E-state index in [4.69, 9.17) is 23.7 Å².